The molecule has 0 aromatic carbocycles. The fraction of sp³-hybridized carbons (Fsp3) is 0.467. The molecular formula is C15H21ClN6O. The third-order valence-corrected chi connectivity index (χ3v) is 3.63. The maximum atomic E-state index is 12.3. The van der Waals surface area contributed by atoms with Crippen LogP contribution in [0.3, 0.4) is 0 Å². The smallest absolute Gasteiger partial charge is 0.271 e. The SMILES string of the molecule is CCCCN(C)c1ncc(Cl)c(C(=O)NCCn2ccnc2)n1. The number of amides is 1. The zero-order valence-corrected chi connectivity index (χ0v) is 14.1. The molecule has 2 rings (SSSR count). The number of aromatic nitrogens is 4. The molecule has 0 saturated heterocycles. The van der Waals surface area contributed by atoms with Crippen LogP contribution in [0.1, 0.15) is 30.3 Å². The number of rotatable bonds is 8. The number of hydrogen-bond acceptors (Lipinski definition) is 5. The Hall–Kier alpha value is -2.15. The first-order chi connectivity index (χ1) is 11.1. The molecule has 0 saturated carbocycles. The molecule has 1 amide bonds. The van der Waals surface area contributed by atoms with E-state index in [-0.39, 0.29) is 16.6 Å². The van der Waals surface area contributed by atoms with Crippen molar-refractivity contribution >= 4 is 23.5 Å². The van der Waals surface area contributed by atoms with E-state index in [0.717, 1.165) is 19.4 Å². The summed E-state index contributed by atoms with van der Waals surface area (Å²) in [6.45, 7) is 4.06. The topological polar surface area (TPSA) is 75.9 Å². The molecule has 124 valence electrons. The molecule has 1 N–H and O–H groups in total. The Kier molecular flexibility index (Phi) is 6.34. The van der Waals surface area contributed by atoms with Crippen molar-refractivity contribution in [3.8, 4) is 0 Å². The molecule has 0 bridgehead atoms. The molecule has 0 aliphatic rings. The summed E-state index contributed by atoms with van der Waals surface area (Å²) in [5, 5.41) is 3.05. The van der Waals surface area contributed by atoms with Crippen LogP contribution < -0.4 is 10.2 Å². The van der Waals surface area contributed by atoms with Gasteiger partial charge in [0.2, 0.25) is 5.95 Å². The molecule has 7 nitrogen and oxygen atoms in total. The Labute approximate surface area is 140 Å². The largest absolute Gasteiger partial charge is 0.349 e. The van der Waals surface area contributed by atoms with Gasteiger partial charge >= 0.3 is 0 Å². The van der Waals surface area contributed by atoms with E-state index in [1.165, 1.54) is 6.20 Å². The molecular weight excluding hydrogens is 316 g/mol. The van der Waals surface area contributed by atoms with Gasteiger partial charge in [0.25, 0.3) is 5.91 Å². The van der Waals surface area contributed by atoms with Crippen LogP contribution in [-0.4, -0.2) is 45.6 Å². The molecule has 0 fully saturated rings. The van der Waals surface area contributed by atoms with Crippen molar-refractivity contribution in [1.82, 2.24) is 24.8 Å². The summed E-state index contributed by atoms with van der Waals surface area (Å²) >= 11 is 6.06. The van der Waals surface area contributed by atoms with Gasteiger partial charge in [-0.25, -0.2) is 15.0 Å². The fourth-order valence-electron chi connectivity index (χ4n) is 2.00. The van der Waals surface area contributed by atoms with Gasteiger partial charge in [-0.15, -0.1) is 0 Å². The van der Waals surface area contributed by atoms with Gasteiger partial charge in [0.15, 0.2) is 5.69 Å². The summed E-state index contributed by atoms with van der Waals surface area (Å²) in [7, 11) is 1.90. The minimum Gasteiger partial charge on any atom is -0.349 e. The van der Waals surface area contributed by atoms with Crippen LogP contribution >= 0.6 is 11.6 Å². The first-order valence-corrected chi connectivity index (χ1v) is 7.97. The fourth-order valence-corrected chi connectivity index (χ4v) is 2.17. The normalized spacial score (nSPS) is 10.6. The van der Waals surface area contributed by atoms with Crippen molar-refractivity contribution in [3.63, 3.8) is 0 Å². The van der Waals surface area contributed by atoms with Crippen LogP contribution in [0.15, 0.2) is 24.9 Å². The van der Waals surface area contributed by atoms with Crippen molar-refractivity contribution in [3.05, 3.63) is 35.6 Å². The van der Waals surface area contributed by atoms with Crippen molar-refractivity contribution in [2.24, 2.45) is 0 Å². The van der Waals surface area contributed by atoms with E-state index in [1.807, 2.05) is 22.7 Å². The summed E-state index contributed by atoms with van der Waals surface area (Å²) in [5.74, 6) is 0.199. The van der Waals surface area contributed by atoms with Crippen LogP contribution in [0.4, 0.5) is 5.95 Å². The van der Waals surface area contributed by atoms with Gasteiger partial charge in [0, 0.05) is 39.1 Å². The molecule has 2 heterocycles. The number of carbonyl (C=O) groups is 1. The quantitative estimate of drug-likeness (QED) is 0.797. The Morgan fingerprint density at radius 2 is 2.30 bits per heavy atom. The van der Waals surface area contributed by atoms with E-state index in [1.54, 1.807) is 12.5 Å². The van der Waals surface area contributed by atoms with E-state index in [2.05, 4.69) is 27.2 Å². The van der Waals surface area contributed by atoms with E-state index in [0.29, 0.717) is 19.0 Å². The highest BCUT2D eigenvalue weighted by atomic mass is 35.5. The Balaban J connectivity index is 1.98. The summed E-state index contributed by atoms with van der Waals surface area (Å²) in [4.78, 5) is 26.6. The Bertz CT molecular complexity index is 631. The minimum absolute atomic E-state index is 0.200. The maximum absolute atomic E-state index is 12.3. The molecule has 0 aliphatic heterocycles. The second-order valence-electron chi connectivity index (χ2n) is 5.20. The molecule has 0 aliphatic carbocycles. The first kappa shape index (κ1) is 17.2. The van der Waals surface area contributed by atoms with Crippen LogP contribution in [0.2, 0.25) is 5.02 Å². The molecule has 0 atom stereocenters. The van der Waals surface area contributed by atoms with Gasteiger partial charge in [0.1, 0.15) is 0 Å². The van der Waals surface area contributed by atoms with Gasteiger partial charge in [-0.05, 0) is 6.42 Å². The number of halogens is 1. The van der Waals surface area contributed by atoms with Crippen molar-refractivity contribution < 1.29 is 4.79 Å². The standard InChI is InChI=1S/C15H21ClN6O/c1-3-4-7-21(2)15-19-10-12(16)13(20-15)14(23)18-6-9-22-8-5-17-11-22/h5,8,10-11H,3-4,6-7,9H2,1-2H3,(H,18,23). The zero-order chi connectivity index (χ0) is 16.7. The number of anilines is 1. The summed E-state index contributed by atoms with van der Waals surface area (Å²) in [6.07, 6.45) is 8.82. The molecule has 2 aromatic rings. The lowest BCUT2D eigenvalue weighted by atomic mass is 10.3. The second-order valence-corrected chi connectivity index (χ2v) is 5.61. The van der Waals surface area contributed by atoms with Gasteiger partial charge in [-0.1, -0.05) is 24.9 Å². The lowest BCUT2D eigenvalue weighted by molar-refractivity contribution is 0.0947. The van der Waals surface area contributed by atoms with Crippen LogP contribution in [0.5, 0.6) is 0 Å². The highest BCUT2D eigenvalue weighted by Gasteiger charge is 2.15. The average molecular weight is 337 g/mol. The Morgan fingerprint density at radius 1 is 1.48 bits per heavy atom. The minimum atomic E-state index is -0.303. The number of hydrogen-bond donors (Lipinski definition) is 1. The lowest BCUT2D eigenvalue weighted by Crippen LogP contribution is -2.29. The number of nitrogens with zero attached hydrogens (tertiary/aromatic N) is 5. The van der Waals surface area contributed by atoms with Gasteiger partial charge in [-0.2, -0.15) is 0 Å². The molecule has 8 heteroatoms. The third kappa shape index (κ3) is 4.92. The monoisotopic (exact) mass is 336 g/mol. The highest BCUT2D eigenvalue weighted by Crippen LogP contribution is 2.16. The van der Waals surface area contributed by atoms with Crippen molar-refractivity contribution in [1.29, 1.82) is 0 Å². The number of unbranched alkanes of at least 4 members (excludes halogenated alkanes) is 1. The zero-order valence-electron chi connectivity index (χ0n) is 13.4. The van der Waals surface area contributed by atoms with Gasteiger partial charge < -0.3 is 14.8 Å². The second kappa shape index (κ2) is 8.47. The van der Waals surface area contributed by atoms with Gasteiger partial charge in [0.05, 0.1) is 17.5 Å². The molecule has 23 heavy (non-hydrogen) atoms. The predicted molar refractivity (Wildman–Crippen MR) is 89.8 cm³/mol. The molecule has 0 unspecified atom stereocenters. The predicted octanol–water partition coefficient (Wildman–Crippen LogP) is 1.99. The number of nitrogens with one attached hydrogen (secondary N) is 1. The van der Waals surface area contributed by atoms with E-state index < -0.39 is 0 Å². The van der Waals surface area contributed by atoms with Crippen molar-refractivity contribution in [2.45, 2.75) is 26.3 Å². The van der Waals surface area contributed by atoms with Crippen LogP contribution in [0, 0.1) is 0 Å². The van der Waals surface area contributed by atoms with Crippen LogP contribution in [0.25, 0.3) is 0 Å². The van der Waals surface area contributed by atoms with E-state index in [9.17, 15) is 4.79 Å². The van der Waals surface area contributed by atoms with Crippen molar-refractivity contribution in [2.75, 3.05) is 25.0 Å². The summed E-state index contributed by atoms with van der Waals surface area (Å²) < 4.78 is 1.88. The molecule has 0 radical (unpaired) electrons. The van der Waals surface area contributed by atoms with E-state index in [4.69, 9.17) is 11.6 Å². The first-order valence-electron chi connectivity index (χ1n) is 7.59. The third-order valence-electron chi connectivity index (χ3n) is 3.35. The summed E-state index contributed by atoms with van der Waals surface area (Å²) in [6, 6.07) is 0. The van der Waals surface area contributed by atoms with Gasteiger partial charge in [-0.3, -0.25) is 4.79 Å². The van der Waals surface area contributed by atoms with Crippen LogP contribution in [-0.2, 0) is 6.54 Å². The highest BCUT2D eigenvalue weighted by molar-refractivity contribution is 6.33. The Morgan fingerprint density at radius 3 is 3.00 bits per heavy atom. The molecule has 0 spiro atoms. The summed E-state index contributed by atoms with van der Waals surface area (Å²) in [5.41, 5.74) is 0.200. The van der Waals surface area contributed by atoms with E-state index >= 15 is 0 Å². The average Bonchev–Trinajstić information content (AvgIpc) is 3.06. The number of imidazole rings is 1. The number of carbonyl (C=O) groups excluding carboxylic acids is 1. The molecule has 2 aromatic heterocycles. The lowest BCUT2D eigenvalue weighted by Gasteiger charge is -2.17. The maximum Gasteiger partial charge on any atom is 0.271 e.